The molecule has 4 nitrogen and oxygen atoms in total. The third-order valence-electron chi connectivity index (χ3n) is 3.66. The van der Waals surface area contributed by atoms with E-state index in [2.05, 4.69) is 5.10 Å². The molecule has 0 unspecified atom stereocenters. The van der Waals surface area contributed by atoms with Crippen LogP contribution >= 0.6 is 0 Å². The molecule has 1 aromatic heterocycles. The molecule has 1 aliphatic rings. The summed E-state index contributed by atoms with van der Waals surface area (Å²) in [4.78, 5) is 12.6. The van der Waals surface area contributed by atoms with E-state index >= 15 is 0 Å². The van der Waals surface area contributed by atoms with Gasteiger partial charge in [-0.3, -0.25) is 9.48 Å². The van der Waals surface area contributed by atoms with Crippen LogP contribution in [0.2, 0.25) is 0 Å². The Hall–Kier alpha value is -2.10. The van der Waals surface area contributed by atoms with Gasteiger partial charge in [-0.15, -0.1) is 0 Å². The SMILES string of the molecule is Cc1nn(C)c(C)c1C(=O)c1cccc(OC2CC2)c1. The third kappa shape index (κ3) is 2.33. The van der Waals surface area contributed by atoms with E-state index in [1.165, 1.54) is 0 Å². The van der Waals surface area contributed by atoms with Gasteiger partial charge in [-0.1, -0.05) is 12.1 Å². The summed E-state index contributed by atoms with van der Waals surface area (Å²) in [5, 5.41) is 4.30. The van der Waals surface area contributed by atoms with Crippen molar-refractivity contribution in [2.45, 2.75) is 32.8 Å². The van der Waals surface area contributed by atoms with Gasteiger partial charge in [0.05, 0.1) is 17.4 Å². The van der Waals surface area contributed by atoms with Crippen molar-refractivity contribution in [3.05, 3.63) is 46.8 Å². The lowest BCUT2D eigenvalue weighted by molar-refractivity contribution is 0.103. The van der Waals surface area contributed by atoms with Crippen LogP contribution in [0.25, 0.3) is 0 Å². The number of nitrogens with zero attached hydrogens (tertiary/aromatic N) is 2. The van der Waals surface area contributed by atoms with Gasteiger partial charge in [-0.25, -0.2) is 0 Å². The second kappa shape index (κ2) is 4.78. The van der Waals surface area contributed by atoms with Gasteiger partial charge in [0.15, 0.2) is 5.78 Å². The molecule has 1 fully saturated rings. The van der Waals surface area contributed by atoms with Gasteiger partial charge < -0.3 is 4.74 Å². The largest absolute Gasteiger partial charge is 0.490 e. The number of ether oxygens (including phenoxy) is 1. The Labute approximate surface area is 118 Å². The molecule has 0 radical (unpaired) electrons. The summed E-state index contributed by atoms with van der Waals surface area (Å²) in [5.74, 6) is 0.784. The molecule has 1 heterocycles. The number of carbonyl (C=O) groups excluding carboxylic acids is 1. The molecule has 0 bridgehead atoms. The second-order valence-corrected chi connectivity index (χ2v) is 5.34. The van der Waals surface area contributed by atoms with E-state index in [-0.39, 0.29) is 5.78 Å². The van der Waals surface area contributed by atoms with Crippen LogP contribution in [0, 0.1) is 13.8 Å². The zero-order valence-corrected chi connectivity index (χ0v) is 12.0. The Kier molecular flexibility index (Phi) is 3.08. The fourth-order valence-corrected chi connectivity index (χ4v) is 2.34. The topological polar surface area (TPSA) is 44.1 Å². The lowest BCUT2D eigenvalue weighted by atomic mass is 10.0. The van der Waals surface area contributed by atoms with E-state index in [1.54, 1.807) is 4.68 Å². The molecule has 2 aromatic rings. The highest BCUT2D eigenvalue weighted by atomic mass is 16.5. The molecule has 1 saturated carbocycles. The minimum absolute atomic E-state index is 0.00865. The quantitative estimate of drug-likeness (QED) is 0.802. The predicted molar refractivity (Wildman–Crippen MR) is 76.2 cm³/mol. The number of hydrogen-bond donors (Lipinski definition) is 0. The van der Waals surface area contributed by atoms with Crippen molar-refractivity contribution in [1.29, 1.82) is 0 Å². The molecule has 0 atom stereocenters. The Balaban J connectivity index is 1.93. The Morgan fingerprint density at radius 1 is 1.35 bits per heavy atom. The highest BCUT2D eigenvalue weighted by molar-refractivity contribution is 6.10. The first-order valence-corrected chi connectivity index (χ1v) is 6.88. The van der Waals surface area contributed by atoms with Crippen LogP contribution in [0.5, 0.6) is 5.75 Å². The monoisotopic (exact) mass is 270 g/mol. The van der Waals surface area contributed by atoms with E-state index in [9.17, 15) is 4.79 Å². The minimum Gasteiger partial charge on any atom is -0.490 e. The summed E-state index contributed by atoms with van der Waals surface area (Å²) in [6.07, 6.45) is 2.56. The Bertz CT molecular complexity index is 669. The number of carbonyl (C=O) groups is 1. The van der Waals surface area contributed by atoms with Crippen molar-refractivity contribution in [2.24, 2.45) is 7.05 Å². The average Bonchev–Trinajstić information content (AvgIpc) is 3.18. The van der Waals surface area contributed by atoms with E-state index in [1.807, 2.05) is 45.2 Å². The van der Waals surface area contributed by atoms with Crippen molar-refractivity contribution in [3.63, 3.8) is 0 Å². The van der Waals surface area contributed by atoms with E-state index < -0.39 is 0 Å². The molecular weight excluding hydrogens is 252 g/mol. The fraction of sp³-hybridized carbons (Fsp3) is 0.375. The summed E-state index contributed by atoms with van der Waals surface area (Å²) in [6.45, 7) is 3.78. The summed E-state index contributed by atoms with van der Waals surface area (Å²) < 4.78 is 7.49. The average molecular weight is 270 g/mol. The van der Waals surface area contributed by atoms with Crippen molar-refractivity contribution in [3.8, 4) is 5.75 Å². The predicted octanol–water partition coefficient (Wildman–Crippen LogP) is 2.81. The number of aromatic nitrogens is 2. The Morgan fingerprint density at radius 3 is 2.70 bits per heavy atom. The molecule has 1 aliphatic carbocycles. The van der Waals surface area contributed by atoms with Gasteiger partial charge in [-0.05, 0) is 38.8 Å². The Morgan fingerprint density at radius 2 is 2.10 bits per heavy atom. The number of hydrogen-bond acceptors (Lipinski definition) is 3. The van der Waals surface area contributed by atoms with Crippen molar-refractivity contribution in [2.75, 3.05) is 0 Å². The molecule has 104 valence electrons. The lowest BCUT2D eigenvalue weighted by Crippen LogP contribution is -2.05. The number of benzene rings is 1. The molecule has 3 rings (SSSR count). The molecule has 0 N–H and O–H groups in total. The molecule has 0 spiro atoms. The van der Waals surface area contributed by atoms with Crippen LogP contribution in [0.4, 0.5) is 0 Å². The maximum absolute atomic E-state index is 12.6. The van der Waals surface area contributed by atoms with Crippen LogP contribution in [-0.4, -0.2) is 21.7 Å². The summed E-state index contributed by atoms with van der Waals surface area (Å²) in [7, 11) is 1.85. The lowest BCUT2D eigenvalue weighted by Gasteiger charge is -2.07. The molecule has 4 heteroatoms. The maximum Gasteiger partial charge on any atom is 0.196 e. The number of aryl methyl sites for hydroxylation is 2. The van der Waals surface area contributed by atoms with Crippen molar-refractivity contribution < 1.29 is 9.53 Å². The van der Waals surface area contributed by atoms with Crippen LogP contribution in [0.3, 0.4) is 0 Å². The first-order valence-electron chi connectivity index (χ1n) is 6.88. The standard InChI is InChI=1S/C16H18N2O2/c1-10-15(11(2)18(3)17-10)16(19)12-5-4-6-14(9-12)20-13-7-8-13/h4-6,9,13H,7-8H2,1-3H3. The summed E-state index contributed by atoms with van der Waals surface area (Å²) in [6, 6.07) is 7.42. The maximum atomic E-state index is 12.6. The first kappa shape index (κ1) is 12.9. The van der Waals surface area contributed by atoms with Gasteiger partial charge in [0.25, 0.3) is 0 Å². The zero-order valence-electron chi connectivity index (χ0n) is 12.0. The van der Waals surface area contributed by atoms with Gasteiger partial charge >= 0.3 is 0 Å². The minimum atomic E-state index is 0.00865. The molecule has 0 aliphatic heterocycles. The highest BCUT2D eigenvalue weighted by Crippen LogP contribution is 2.28. The normalized spacial score (nSPS) is 14.3. The molecule has 0 amide bonds. The summed E-state index contributed by atoms with van der Waals surface area (Å²) in [5.41, 5.74) is 3.00. The van der Waals surface area contributed by atoms with Crippen LogP contribution in [0.1, 0.15) is 40.2 Å². The summed E-state index contributed by atoms with van der Waals surface area (Å²) >= 11 is 0. The third-order valence-corrected chi connectivity index (χ3v) is 3.66. The van der Waals surface area contributed by atoms with Crippen LogP contribution < -0.4 is 4.74 Å². The van der Waals surface area contributed by atoms with Gasteiger partial charge in [0, 0.05) is 18.3 Å². The van der Waals surface area contributed by atoms with Gasteiger partial charge in [-0.2, -0.15) is 5.10 Å². The molecule has 0 saturated heterocycles. The van der Waals surface area contributed by atoms with Gasteiger partial charge in [0.1, 0.15) is 5.75 Å². The molecule has 20 heavy (non-hydrogen) atoms. The van der Waals surface area contributed by atoms with E-state index in [0.29, 0.717) is 17.2 Å². The first-order chi connectivity index (χ1) is 9.56. The van der Waals surface area contributed by atoms with Crippen LogP contribution in [-0.2, 0) is 7.05 Å². The zero-order chi connectivity index (χ0) is 14.3. The molecule has 1 aromatic carbocycles. The molecular formula is C16H18N2O2. The van der Waals surface area contributed by atoms with E-state index in [4.69, 9.17) is 4.74 Å². The number of ketones is 1. The van der Waals surface area contributed by atoms with Gasteiger partial charge in [0.2, 0.25) is 0 Å². The van der Waals surface area contributed by atoms with E-state index in [0.717, 1.165) is 30.0 Å². The number of rotatable bonds is 4. The second-order valence-electron chi connectivity index (χ2n) is 5.34. The van der Waals surface area contributed by atoms with Crippen molar-refractivity contribution in [1.82, 2.24) is 9.78 Å². The van der Waals surface area contributed by atoms with Crippen LogP contribution in [0.15, 0.2) is 24.3 Å². The fourth-order valence-electron chi connectivity index (χ4n) is 2.34. The smallest absolute Gasteiger partial charge is 0.196 e. The highest BCUT2D eigenvalue weighted by Gasteiger charge is 2.24. The van der Waals surface area contributed by atoms with Crippen molar-refractivity contribution >= 4 is 5.78 Å².